The van der Waals surface area contributed by atoms with Crippen molar-refractivity contribution >= 4 is 0 Å². The van der Waals surface area contributed by atoms with Crippen molar-refractivity contribution in [1.82, 2.24) is 10.2 Å². The lowest BCUT2D eigenvalue weighted by Gasteiger charge is -2.43. The van der Waals surface area contributed by atoms with E-state index >= 15 is 0 Å². The molecular weight excluding hydrogens is 244 g/mol. The molecule has 1 aliphatic carbocycles. The molecule has 1 N–H and O–H groups in total. The smallest absolute Gasteiger partial charge is 0.0249 e. The molecule has 0 amide bonds. The second-order valence-corrected chi connectivity index (χ2v) is 6.45. The molecule has 0 radical (unpaired) electrons. The van der Waals surface area contributed by atoms with Crippen LogP contribution in [0.3, 0.4) is 0 Å². The highest BCUT2D eigenvalue weighted by atomic mass is 15.2. The van der Waals surface area contributed by atoms with Crippen molar-refractivity contribution in [2.75, 3.05) is 13.1 Å². The SMILES string of the molecule is CCCNC(CCC)C(CC)N(CC)C1CCCCC1. The Labute approximate surface area is 127 Å². The molecule has 0 aromatic carbocycles. The zero-order valence-corrected chi connectivity index (χ0v) is 14.5. The first-order valence-corrected chi connectivity index (χ1v) is 9.27. The lowest BCUT2D eigenvalue weighted by atomic mass is 9.90. The Balaban J connectivity index is 2.69. The van der Waals surface area contributed by atoms with E-state index in [-0.39, 0.29) is 0 Å². The molecule has 0 saturated heterocycles. The van der Waals surface area contributed by atoms with E-state index < -0.39 is 0 Å². The summed E-state index contributed by atoms with van der Waals surface area (Å²) in [6.45, 7) is 11.7. The summed E-state index contributed by atoms with van der Waals surface area (Å²) in [6.07, 6.45) is 12.3. The quantitative estimate of drug-likeness (QED) is 0.630. The van der Waals surface area contributed by atoms with Gasteiger partial charge in [-0.05, 0) is 45.2 Å². The van der Waals surface area contributed by atoms with Crippen molar-refractivity contribution < 1.29 is 0 Å². The fraction of sp³-hybridized carbons (Fsp3) is 1.00. The molecule has 2 unspecified atom stereocenters. The third-order valence-electron chi connectivity index (χ3n) is 4.97. The molecule has 0 bridgehead atoms. The topological polar surface area (TPSA) is 15.3 Å². The third kappa shape index (κ3) is 5.37. The summed E-state index contributed by atoms with van der Waals surface area (Å²) in [5.74, 6) is 0. The maximum Gasteiger partial charge on any atom is 0.0249 e. The molecular formula is C18H38N2. The van der Waals surface area contributed by atoms with E-state index in [1.807, 2.05) is 0 Å². The standard InChI is InChI=1S/C18H38N2/c1-5-12-17(19-15-6-2)18(7-3)20(8-4)16-13-10-9-11-14-16/h16-19H,5-15H2,1-4H3. The lowest BCUT2D eigenvalue weighted by Crippen LogP contribution is -2.54. The maximum atomic E-state index is 3.83. The molecule has 1 aliphatic rings. The number of nitrogens with one attached hydrogen (secondary N) is 1. The van der Waals surface area contributed by atoms with Gasteiger partial charge in [0.15, 0.2) is 0 Å². The summed E-state index contributed by atoms with van der Waals surface area (Å²) in [7, 11) is 0. The van der Waals surface area contributed by atoms with Crippen LogP contribution < -0.4 is 5.32 Å². The van der Waals surface area contributed by atoms with E-state index in [9.17, 15) is 0 Å². The van der Waals surface area contributed by atoms with Gasteiger partial charge in [-0.25, -0.2) is 0 Å². The van der Waals surface area contributed by atoms with Gasteiger partial charge in [-0.3, -0.25) is 4.90 Å². The van der Waals surface area contributed by atoms with Gasteiger partial charge < -0.3 is 5.32 Å². The van der Waals surface area contributed by atoms with Crippen LogP contribution in [-0.2, 0) is 0 Å². The van der Waals surface area contributed by atoms with Gasteiger partial charge >= 0.3 is 0 Å². The molecule has 1 saturated carbocycles. The van der Waals surface area contributed by atoms with Gasteiger partial charge in [-0.1, -0.05) is 53.4 Å². The average molecular weight is 283 g/mol. The summed E-state index contributed by atoms with van der Waals surface area (Å²) in [6, 6.07) is 2.27. The largest absolute Gasteiger partial charge is 0.312 e. The zero-order chi connectivity index (χ0) is 14.8. The molecule has 0 aromatic heterocycles. The highest BCUT2D eigenvalue weighted by Gasteiger charge is 2.30. The first-order chi connectivity index (χ1) is 9.78. The number of hydrogen-bond acceptors (Lipinski definition) is 2. The number of rotatable bonds is 10. The molecule has 0 aromatic rings. The van der Waals surface area contributed by atoms with E-state index in [2.05, 4.69) is 37.9 Å². The molecule has 0 aliphatic heterocycles. The van der Waals surface area contributed by atoms with Crippen molar-refractivity contribution in [2.45, 2.75) is 104 Å². The predicted octanol–water partition coefficient (Wildman–Crippen LogP) is 4.59. The number of nitrogens with zero attached hydrogens (tertiary/aromatic N) is 1. The van der Waals surface area contributed by atoms with E-state index in [1.54, 1.807) is 0 Å². The van der Waals surface area contributed by atoms with Gasteiger partial charge in [0.05, 0.1) is 0 Å². The van der Waals surface area contributed by atoms with Crippen LogP contribution in [0.2, 0.25) is 0 Å². The molecule has 2 nitrogen and oxygen atoms in total. The van der Waals surface area contributed by atoms with Gasteiger partial charge in [0.1, 0.15) is 0 Å². The average Bonchev–Trinajstić information content (AvgIpc) is 2.50. The molecule has 20 heavy (non-hydrogen) atoms. The van der Waals surface area contributed by atoms with Crippen LogP contribution in [0.15, 0.2) is 0 Å². The molecule has 2 heteroatoms. The summed E-state index contributed by atoms with van der Waals surface area (Å²) in [4.78, 5) is 2.84. The lowest BCUT2D eigenvalue weighted by molar-refractivity contribution is 0.0805. The summed E-state index contributed by atoms with van der Waals surface area (Å²) in [5, 5.41) is 3.83. The minimum atomic E-state index is 0.687. The van der Waals surface area contributed by atoms with Crippen LogP contribution in [-0.4, -0.2) is 36.1 Å². The number of likely N-dealkylation sites (N-methyl/N-ethyl adjacent to an activating group) is 1. The Kier molecular flexibility index (Phi) is 9.54. The van der Waals surface area contributed by atoms with Crippen molar-refractivity contribution in [3.8, 4) is 0 Å². The van der Waals surface area contributed by atoms with Crippen molar-refractivity contribution in [2.24, 2.45) is 0 Å². The third-order valence-corrected chi connectivity index (χ3v) is 4.97. The first kappa shape index (κ1) is 18.0. The highest BCUT2D eigenvalue weighted by Crippen LogP contribution is 2.26. The van der Waals surface area contributed by atoms with Gasteiger partial charge in [-0.15, -0.1) is 0 Å². The van der Waals surface area contributed by atoms with Crippen LogP contribution in [0.4, 0.5) is 0 Å². The molecule has 0 spiro atoms. The minimum Gasteiger partial charge on any atom is -0.312 e. The van der Waals surface area contributed by atoms with E-state index in [0.29, 0.717) is 6.04 Å². The fourth-order valence-corrected chi connectivity index (χ4v) is 4.00. The molecule has 0 heterocycles. The fourth-order valence-electron chi connectivity index (χ4n) is 4.00. The Morgan fingerprint density at radius 1 is 1.00 bits per heavy atom. The van der Waals surface area contributed by atoms with E-state index in [0.717, 1.165) is 12.1 Å². The Morgan fingerprint density at radius 2 is 1.70 bits per heavy atom. The summed E-state index contributed by atoms with van der Waals surface area (Å²) in [5.41, 5.74) is 0. The summed E-state index contributed by atoms with van der Waals surface area (Å²) < 4.78 is 0. The van der Waals surface area contributed by atoms with Crippen molar-refractivity contribution in [3.05, 3.63) is 0 Å². The van der Waals surface area contributed by atoms with Crippen LogP contribution in [0.1, 0.15) is 85.5 Å². The predicted molar refractivity (Wildman–Crippen MR) is 90.3 cm³/mol. The number of hydrogen-bond donors (Lipinski definition) is 1. The van der Waals surface area contributed by atoms with Gasteiger partial charge in [0.2, 0.25) is 0 Å². The highest BCUT2D eigenvalue weighted by molar-refractivity contribution is 4.88. The Hall–Kier alpha value is -0.0800. The van der Waals surface area contributed by atoms with Crippen LogP contribution in [0, 0.1) is 0 Å². The van der Waals surface area contributed by atoms with Crippen molar-refractivity contribution in [1.29, 1.82) is 0 Å². The molecule has 1 rings (SSSR count). The van der Waals surface area contributed by atoms with Crippen LogP contribution >= 0.6 is 0 Å². The Bertz CT molecular complexity index is 223. The van der Waals surface area contributed by atoms with E-state index in [1.165, 1.54) is 70.9 Å². The maximum absolute atomic E-state index is 3.83. The van der Waals surface area contributed by atoms with E-state index in [4.69, 9.17) is 0 Å². The molecule has 1 fully saturated rings. The molecule has 2 atom stereocenters. The first-order valence-electron chi connectivity index (χ1n) is 9.27. The zero-order valence-electron chi connectivity index (χ0n) is 14.5. The minimum absolute atomic E-state index is 0.687. The second-order valence-electron chi connectivity index (χ2n) is 6.45. The van der Waals surface area contributed by atoms with Gasteiger partial charge in [0, 0.05) is 18.1 Å². The monoisotopic (exact) mass is 282 g/mol. The normalized spacial score (nSPS) is 20.2. The van der Waals surface area contributed by atoms with Crippen molar-refractivity contribution in [3.63, 3.8) is 0 Å². The van der Waals surface area contributed by atoms with Gasteiger partial charge in [0.25, 0.3) is 0 Å². The van der Waals surface area contributed by atoms with Crippen LogP contribution in [0.5, 0.6) is 0 Å². The van der Waals surface area contributed by atoms with Gasteiger partial charge in [-0.2, -0.15) is 0 Å². The van der Waals surface area contributed by atoms with Crippen LogP contribution in [0.25, 0.3) is 0 Å². The second kappa shape index (κ2) is 10.6. The molecule has 120 valence electrons. The Morgan fingerprint density at radius 3 is 2.20 bits per heavy atom. The summed E-state index contributed by atoms with van der Waals surface area (Å²) >= 11 is 0.